The highest BCUT2D eigenvalue weighted by molar-refractivity contribution is 7.22. The number of thiazole rings is 1. The molecule has 1 saturated heterocycles. The quantitative estimate of drug-likeness (QED) is 0.664. The Morgan fingerprint density at radius 2 is 2.20 bits per heavy atom. The van der Waals surface area contributed by atoms with Crippen LogP contribution in [0.5, 0.6) is 5.75 Å². The minimum Gasteiger partial charge on any atom is -0.506 e. The maximum Gasteiger partial charge on any atom is 0.194 e. The largest absolute Gasteiger partial charge is 0.506 e. The maximum absolute atomic E-state index is 10.3. The first-order chi connectivity index (χ1) is 12.0. The molecule has 132 valence electrons. The summed E-state index contributed by atoms with van der Waals surface area (Å²) in [6.45, 7) is 4.88. The number of nitrogens with one attached hydrogen (secondary N) is 1. The number of aromatic hydroxyl groups is 1. The van der Waals surface area contributed by atoms with Gasteiger partial charge in [-0.2, -0.15) is 4.98 Å². The Morgan fingerprint density at radius 1 is 1.36 bits per heavy atom. The standard InChI is InChI=1S/C17H20N4O3S/c1-9-5-10(2)15(12(22)6-9)21-7-14-16(20-21)19-17(25-14)18-11-3-4-24-8-13(11)23/h5-7,11,13,22-23H,3-4,8H2,1-2H3,(H,18,19,20)/t11-,13-/m1/s1. The molecular weight excluding hydrogens is 340 g/mol. The molecule has 8 heteroatoms. The van der Waals surface area contributed by atoms with Gasteiger partial charge in [0.1, 0.15) is 11.4 Å². The normalized spacial score (nSPS) is 20.9. The van der Waals surface area contributed by atoms with Crippen molar-refractivity contribution < 1.29 is 14.9 Å². The number of benzene rings is 1. The summed E-state index contributed by atoms with van der Waals surface area (Å²) in [4.78, 5) is 4.51. The predicted octanol–water partition coefficient (Wildman–Crippen LogP) is 2.37. The lowest BCUT2D eigenvalue weighted by atomic mass is 10.1. The zero-order chi connectivity index (χ0) is 17.6. The van der Waals surface area contributed by atoms with E-state index in [4.69, 9.17) is 4.74 Å². The van der Waals surface area contributed by atoms with Crippen LogP contribution in [0.1, 0.15) is 17.5 Å². The second-order valence-electron chi connectivity index (χ2n) is 6.41. The number of rotatable bonds is 3. The lowest BCUT2D eigenvalue weighted by molar-refractivity contribution is -0.0134. The number of aryl methyl sites for hydroxylation is 2. The van der Waals surface area contributed by atoms with E-state index in [1.165, 1.54) is 11.3 Å². The van der Waals surface area contributed by atoms with Gasteiger partial charge in [-0.1, -0.05) is 17.4 Å². The third-order valence-electron chi connectivity index (χ3n) is 4.37. The van der Waals surface area contributed by atoms with Crippen LogP contribution in [0.2, 0.25) is 0 Å². The highest BCUT2D eigenvalue weighted by Gasteiger charge is 2.24. The summed E-state index contributed by atoms with van der Waals surface area (Å²) in [6.07, 6.45) is 2.09. The monoisotopic (exact) mass is 360 g/mol. The number of ether oxygens (including phenoxy) is 1. The van der Waals surface area contributed by atoms with Gasteiger partial charge in [0.25, 0.3) is 0 Å². The highest BCUT2D eigenvalue weighted by Crippen LogP contribution is 2.31. The molecule has 4 rings (SSSR count). The molecule has 1 aliphatic rings. The van der Waals surface area contributed by atoms with Crippen molar-refractivity contribution in [3.8, 4) is 11.4 Å². The number of anilines is 1. The second kappa shape index (κ2) is 6.29. The first-order valence-electron chi connectivity index (χ1n) is 8.20. The third kappa shape index (κ3) is 3.08. The van der Waals surface area contributed by atoms with Crippen LogP contribution in [0.3, 0.4) is 0 Å². The summed E-state index contributed by atoms with van der Waals surface area (Å²) in [6, 6.07) is 3.68. The van der Waals surface area contributed by atoms with E-state index >= 15 is 0 Å². The van der Waals surface area contributed by atoms with Gasteiger partial charge in [-0.05, 0) is 37.5 Å². The van der Waals surface area contributed by atoms with Crippen LogP contribution in [0, 0.1) is 13.8 Å². The summed E-state index contributed by atoms with van der Waals surface area (Å²) in [5.74, 6) is 0.205. The first kappa shape index (κ1) is 16.3. The van der Waals surface area contributed by atoms with Crippen molar-refractivity contribution in [3.63, 3.8) is 0 Å². The second-order valence-corrected chi connectivity index (χ2v) is 7.44. The average Bonchev–Trinajstić information content (AvgIpc) is 3.07. The van der Waals surface area contributed by atoms with E-state index in [1.807, 2.05) is 26.1 Å². The van der Waals surface area contributed by atoms with E-state index in [-0.39, 0.29) is 11.8 Å². The van der Waals surface area contributed by atoms with Crippen LogP contribution in [0.25, 0.3) is 16.0 Å². The molecule has 0 radical (unpaired) electrons. The SMILES string of the molecule is Cc1cc(C)c(-n2cc3sc(N[C@@H]4CCOC[C@H]4O)nc3n2)c(O)c1. The molecule has 3 aromatic rings. The Bertz CT molecular complexity index is 865. The highest BCUT2D eigenvalue weighted by atomic mass is 32.1. The third-order valence-corrected chi connectivity index (χ3v) is 5.28. The van der Waals surface area contributed by atoms with Gasteiger partial charge >= 0.3 is 0 Å². The van der Waals surface area contributed by atoms with Gasteiger partial charge in [0.15, 0.2) is 10.8 Å². The van der Waals surface area contributed by atoms with Crippen molar-refractivity contribution in [2.24, 2.45) is 0 Å². The molecule has 7 nitrogen and oxygen atoms in total. The number of phenolic OH excluding ortho intramolecular Hbond substituents is 1. The molecule has 2 aromatic heterocycles. The Balaban J connectivity index is 1.62. The molecule has 1 aromatic carbocycles. The summed E-state index contributed by atoms with van der Waals surface area (Å²) in [7, 11) is 0. The number of fused-ring (bicyclic) bond motifs is 1. The number of hydrogen-bond acceptors (Lipinski definition) is 7. The number of nitrogens with zero attached hydrogens (tertiary/aromatic N) is 3. The van der Waals surface area contributed by atoms with Crippen LogP contribution < -0.4 is 5.32 Å². The molecule has 0 unspecified atom stereocenters. The zero-order valence-electron chi connectivity index (χ0n) is 14.1. The first-order valence-corrected chi connectivity index (χ1v) is 9.02. The minimum atomic E-state index is -0.530. The Labute approximate surface area is 148 Å². The maximum atomic E-state index is 10.3. The van der Waals surface area contributed by atoms with Gasteiger partial charge in [-0.15, -0.1) is 5.10 Å². The van der Waals surface area contributed by atoms with E-state index in [0.717, 1.165) is 27.4 Å². The van der Waals surface area contributed by atoms with Crippen molar-refractivity contribution >= 4 is 26.8 Å². The van der Waals surface area contributed by atoms with Crippen LogP contribution in [0.4, 0.5) is 5.13 Å². The molecule has 3 N–H and O–H groups in total. The summed E-state index contributed by atoms with van der Waals surface area (Å²) < 4.78 is 7.83. The molecule has 1 fully saturated rings. The summed E-state index contributed by atoms with van der Waals surface area (Å²) >= 11 is 1.48. The molecule has 25 heavy (non-hydrogen) atoms. The number of aromatic nitrogens is 3. The molecule has 0 saturated carbocycles. The zero-order valence-corrected chi connectivity index (χ0v) is 14.9. The van der Waals surface area contributed by atoms with Gasteiger partial charge in [0.05, 0.1) is 29.6 Å². The molecule has 3 heterocycles. The van der Waals surface area contributed by atoms with Gasteiger partial charge < -0.3 is 20.3 Å². The van der Waals surface area contributed by atoms with Crippen LogP contribution in [0.15, 0.2) is 18.3 Å². The number of hydrogen-bond donors (Lipinski definition) is 3. The van der Waals surface area contributed by atoms with Crippen molar-refractivity contribution in [2.75, 3.05) is 18.5 Å². The van der Waals surface area contributed by atoms with Crippen molar-refractivity contribution in [1.82, 2.24) is 14.8 Å². The van der Waals surface area contributed by atoms with Gasteiger partial charge in [0, 0.05) is 6.61 Å². The van der Waals surface area contributed by atoms with Crippen LogP contribution >= 0.6 is 11.3 Å². The molecule has 0 bridgehead atoms. The Morgan fingerprint density at radius 3 is 2.92 bits per heavy atom. The minimum absolute atomic E-state index is 0.0560. The molecule has 2 atom stereocenters. The Kier molecular flexibility index (Phi) is 4.10. The van der Waals surface area contributed by atoms with Crippen molar-refractivity contribution in [3.05, 3.63) is 29.5 Å². The summed E-state index contributed by atoms with van der Waals surface area (Å²) in [5.41, 5.74) is 3.25. The molecule has 0 spiro atoms. The fourth-order valence-corrected chi connectivity index (χ4v) is 4.06. The molecule has 1 aliphatic heterocycles. The van der Waals surface area contributed by atoms with Gasteiger partial charge in [-0.3, -0.25) is 0 Å². The number of aliphatic hydroxyl groups excluding tert-OH is 1. The van der Waals surface area contributed by atoms with E-state index in [1.54, 1.807) is 10.7 Å². The lowest BCUT2D eigenvalue weighted by Crippen LogP contribution is -2.41. The van der Waals surface area contributed by atoms with Gasteiger partial charge in [0.2, 0.25) is 0 Å². The lowest BCUT2D eigenvalue weighted by Gasteiger charge is -2.28. The molecule has 0 amide bonds. The molecular formula is C17H20N4O3S. The fourth-order valence-electron chi connectivity index (χ4n) is 3.18. The predicted molar refractivity (Wildman–Crippen MR) is 96.7 cm³/mol. The van der Waals surface area contributed by atoms with Crippen LogP contribution in [-0.2, 0) is 4.74 Å². The van der Waals surface area contributed by atoms with E-state index in [0.29, 0.717) is 24.5 Å². The summed E-state index contributed by atoms with van der Waals surface area (Å²) in [5, 5.41) is 28.7. The van der Waals surface area contributed by atoms with E-state index in [9.17, 15) is 10.2 Å². The Hall–Kier alpha value is -2.16. The molecule has 0 aliphatic carbocycles. The number of aliphatic hydroxyl groups is 1. The smallest absolute Gasteiger partial charge is 0.194 e. The average molecular weight is 360 g/mol. The van der Waals surface area contributed by atoms with E-state index in [2.05, 4.69) is 15.4 Å². The number of phenols is 1. The topological polar surface area (TPSA) is 92.4 Å². The fraction of sp³-hybridized carbons (Fsp3) is 0.412. The van der Waals surface area contributed by atoms with Crippen molar-refractivity contribution in [1.29, 1.82) is 0 Å². The van der Waals surface area contributed by atoms with Gasteiger partial charge in [-0.25, -0.2) is 4.68 Å². The van der Waals surface area contributed by atoms with E-state index < -0.39 is 6.10 Å². The van der Waals surface area contributed by atoms with Crippen molar-refractivity contribution in [2.45, 2.75) is 32.4 Å². The van der Waals surface area contributed by atoms with Crippen LogP contribution in [-0.4, -0.2) is 50.3 Å².